The first-order chi connectivity index (χ1) is 11.4. The van der Waals surface area contributed by atoms with Gasteiger partial charge in [-0.25, -0.2) is 0 Å². The molecule has 0 aromatic heterocycles. The maximum absolute atomic E-state index is 12.4. The van der Waals surface area contributed by atoms with Crippen LogP contribution in [0.1, 0.15) is 50.7 Å². The highest BCUT2D eigenvalue weighted by molar-refractivity contribution is 9.10. The van der Waals surface area contributed by atoms with Crippen LogP contribution in [0.25, 0.3) is 0 Å². The number of rotatable bonds is 6. The number of carbonyl (C=O) groups is 1. The van der Waals surface area contributed by atoms with Crippen LogP contribution in [-0.2, 0) is 4.79 Å². The zero-order valence-electron chi connectivity index (χ0n) is 14.6. The van der Waals surface area contributed by atoms with E-state index in [4.69, 9.17) is 4.74 Å². The molecule has 0 aliphatic heterocycles. The van der Waals surface area contributed by atoms with Gasteiger partial charge in [0.25, 0.3) is 5.91 Å². The van der Waals surface area contributed by atoms with Crippen LogP contribution in [0.15, 0.2) is 46.9 Å². The fourth-order valence-corrected chi connectivity index (χ4v) is 2.95. The summed E-state index contributed by atoms with van der Waals surface area (Å²) in [6.07, 6.45) is 0. The summed E-state index contributed by atoms with van der Waals surface area (Å²) in [5.41, 5.74) is 3.22. The zero-order chi connectivity index (χ0) is 17.7. The van der Waals surface area contributed by atoms with Crippen molar-refractivity contribution in [2.45, 2.75) is 39.5 Å². The molecule has 24 heavy (non-hydrogen) atoms. The number of amides is 1. The van der Waals surface area contributed by atoms with Crippen LogP contribution >= 0.6 is 15.9 Å². The number of nitrogens with one attached hydrogen (secondary N) is 1. The Balaban J connectivity index is 2.13. The fourth-order valence-electron chi connectivity index (χ4n) is 2.58. The van der Waals surface area contributed by atoms with E-state index in [1.165, 1.54) is 0 Å². The lowest BCUT2D eigenvalue weighted by atomic mass is 9.92. The van der Waals surface area contributed by atoms with Crippen molar-refractivity contribution in [3.05, 3.63) is 58.1 Å². The predicted octanol–water partition coefficient (Wildman–Crippen LogP) is 5.71. The molecule has 0 bridgehead atoms. The Hall–Kier alpha value is -1.81. The summed E-state index contributed by atoms with van der Waals surface area (Å²) in [5.74, 6) is 1.20. The Morgan fingerprint density at radius 3 is 2.17 bits per heavy atom. The molecule has 0 radical (unpaired) electrons. The van der Waals surface area contributed by atoms with Gasteiger partial charge >= 0.3 is 0 Å². The van der Waals surface area contributed by atoms with Gasteiger partial charge in [0.2, 0.25) is 0 Å². The quantitative estimate of drug-likeness (QED) is 0.686. The summed E-state index contributed by atoms with van der Waals surface area (Å²) in [6, 6.07) is 13.7. The molecule has 0 atom stereocenters. The van der Waals surface area contributed by atoms with E-state index in [0.717, 1.165) is 21.3 Å². The third-order valence-corrected chi connectivity index (χ3v) is 4.30. The van der Waals surface area contributed by atoms with E-state index in [1.54, 1.807) is 0 Å². The average Bonchev–Trinajstić information content (AvgIpc) is 2.52. The molecule has 0 saturated heterocycles. The number of hydrogen-bond donors (Lipinski definition) is 1. The van der Waals surface area contributed by atoms with Gasteiger partial charge in [0.15, 0.2) is 6.61 Å². The monoisotopic (exact) mass is 389 g/mol. The second-order valence-electron chi connectivity index (χ2n) is 6.42. The largest absolute Gasteiger partial charge is 0.484 e. The summed E-state index contributed by atoms with van der Waals surface area (Å²) in [7, 11) is 0. The predicted molar refractivity (Wildman–Crippen MR) is 103 cm³/mol. The molecule has 0 heterocycles. The minimum absolute atomic E-state index is 0.0135. The molecule has 0 unspecified atom stereocenters. The summed E-state index contributed by atoms with van der Waals surface area (Å²) in [4.78, 5) is 12.4. The van der Waals surface area contributed by atoms with E-state index in [2.05, 4.69) is 67.1 Å². The van der Waals surface area contributed by atoms with Crippen LogP contribution in [0, 0.1) is 0 Å². The van der Waals surface area contributed by atoms with Crippen LogP contribution in [0.3, 0.4) is 0 Å². The van der Waals surface area contributed by atoms with Crippen molar-refractivity contribution in [1.29, 1.82) is 0 Å². The van der Waals surface area contributed by atoms with Gasteiger partial charge in [-0.05, 0) is 41.2 Å². The molecule has 2 rings (SSSR count). The second kappa shape index (κ2) is 8.34. The Labute approximate surface area is 152 Å². The fraction of sp³-hybridized carbons (Fsp3) is 0.350. The van der Waals surface area contributed by atoms with Crippen LogP contribution in [0.4, 0.5) is 5.69 Å². The summed E-state index contributed by atoms with van der Waals surface area (Å²) < 4.78 is 6.50. The molecule has 2 aromatic rings. The average molecular weight is 390 g/mol. The maximum Gasteiger partial charge on any atom is 0.262 e. The lowest BCUT2D eigenvalue weighted by Gasteiger charge is -2.20. The molecule has 0 aliphatic carbocycles. The first kappa shape index (κ1) is 18.5. The summed E-state index contributed by atoms with van der Waals surface area (Å²) in [5, 5.41) is 3.05. The van der Waals surface area contributed by atoms with Gasteiger partial charge in [0.1, 0.15) is 5.75 Å². The lowest BCUT2D eigenvalue weighted by Crippen LogP contribution is -2.22. The van der Waals surface area contributed by atoms with E-state index in [-0.39, 0.29) is 12.5 Å². The Morgan fingerprint density at radius 2 is 1.62 bits per heavy atom. The van der Waals surface area contributed by atoms with Gasteiger partial charge < -0.3 is 10.1 Å². The van der Waals surface area contributed by atoms with Crippen molar-refractivity contribution in [3.8, 4) is 5.75 Å². The van der Waals surface area contributed by atoms with Gasteiger partial charge in [-0.3, -0.25) is 4.79 Å². The van der Waals surface area contributed by atoms with E-state index < -0.39 is 0 Å². The van der Waals surface area contributed by atoms with E-state index in [9.17, 15) is 4.79 Å². The van der Waals surface area contributed by atoms with Crippen LogP contribution < -0.4 is 10.1 Å². The molecule has 1 amide bonds. The second-order valence-corrected chi connectivity index (χ2v) is 7.33. The number of carbonyl (C=O) groups excluding carboxylic acids is 1. The van der Waals surface area contributed by atoms with Gasteiger partial charge in [-0.1, -0.05) is 67.9 Å². The highest BCUT2D eigenvalue weighted by Crippen LogP contribution is 2.32. The van der Waals surface area contributed by atoms with E-state index in [0.29, 0.717) is 17.6 Å². The molecular formula is C20H24BrNO2. The molecule has 0 aliphatic rings. The molecule has 3 nitrogen and oxygen atoms in total. The van der Waals surface area contributed by atoms with Gasteiger partial charge in [-0.2, -0.15) is 0 Å². The van der Waals surface area contributed by atoms with Gasteiger partial charge in [0, 0.05) is 10.2 Å². The lowest BCUT2D eigenvalue weighted by molar-refractivity contribution is -0.118. The highest BCUT2D eigenvalue weighted by atomic mass is 79.9. The SMILES string of the molecule is CC(C)c1cccc(C(C)C)c1NC(=O)COc1cccc(Br)c1. The first-order valence-corrected chi connectivity index (χ1v) is 8.98. The third kappa shape index (κ3) is 4.84. The first-order valence-electron chi connectivity index (χ1n) is 8.19. The van der Waals surface area contributed by atoms with Gasteiger partial charge in [-0.15, -0.1) is 0 Å². The van der Waals surface area contributed by atoms with Crippen molar-refractivity contribution >= 4 is 27.5 Å². The number of para-hydroxylation sites is 1. The summed E-state index contributed by atoms with van der Waals surface area (Å²) >= 11 is 3.39. The van der Waals surface area contributed by atoms with Crippen molar-refractivity contribution in [1.82, 2.24) is 0 Å². The number of halogens is 1. The third-order valence-electron chi connectivity index (χ3n) is 3.80. The van der Waals surface area contributed by atoms with Gasteiger partial charge in [0.05, 0.1) is 0 Å². The minimum Gasteiger partial charge on any atom is -0.484 e. The molecule has 0 fully saturated rings. The van der Waals surface area contributed by atoms with Crippen LogP contribution in [-0.4, -0.2) is 12.5 Å². The van der Waals surface area contributed by atoms with Crippen molar-refractivity contribution < 1.29 is 9.53 Å². The molecule has 0 saturated carbocycles. The van der Waals surface area contributed by atoms with Crippen molar-refractivity contribution in [2.24, 2.45) is 0 Å². The van der Waals surface area contributed by atoms with Crippen molar-refractivity contribution in [3.63, 3.8) is 0 Å². The topological polar surface area (TPSA) is 38.3 Å². The standard InChI is InChI=1S/C20H24BrNO2/c1-13(2)17-9-6-10-18(14(3)4)20(17)22-19(23)12-24-16-8-5-7-15(21)11-16/h5-11,13-14H,12H2,1-4H3,(H,22,23). The molecular weight excluding hydrogens is 366 g/mol. The normalized spacial score (nSPS) is 11.0. The minimum atomic E-state index is -0.148. The Bertz CT molecular complexity index is 684. The maximum atomic E-state index is 12.4. The molecule has 128 valence electrons. The molecule has 0 spiro atoms. The summed E-state index contributed by atoms with van der Waals surface area (Å²) in [6.45, 7) is 8.51. The number of benzene rings is 2. The smallest absolute Gasteiger partial charge is 0.262 e. The number of hydrogen-bond acceptors (Lipinski definition) is 2. The Kier molecular flexibility index (Phi) is 6.44. The highest BCUT2D eigenvalue weighted by Gasteiger charge is 2.16. The molecule has 1 N–H and O–H groups in total. The van der Waals surface area contributed by atoms with Crippen LogP contribution in [0.5, 0.6) is 5.75 Å². The zero-order valence-corrected chi connectivity index (χ0v) is 16.2. The number of anilines is 1. The van der Waals surface area contributed by atoms with E-state index >= 15 is 0 Å². The molecule has 2 aromatic carbocycles. The molecule has 4 heteroatoms. The Morgan fingerprint density at radius 1 is 1.04 bits per heavy atom. The van der Waals surface area contributed by atoms with Crippen molar-refractivity contribution in [2.75, 3.05) is 11.9 Å². The number of ether oxygens (including phenoxy) is 1. The van der Waals surface area contributed by atoms with Crippen LogP contribution in [0.2, 0.25) is 0 Å². The van der Waals surface area contributed by atoms with E-state index in [1.807, 2.05) is 24.3 Å².